The highest BCUT2D eigenvalue weighted by Gasteiger charge is 2.25. The van der Waals surface area contributed by atoms with Crippen LogP contribution in [0.2, 0.25) is 0 Å². The summed E-state index contributed by atoms with van der Waals surface area (Å²) in [6.45, 7) is 3.64. The number of nitrogens with two attached hydrogens (primary N) is 1. The Bertz CT molecular complexity index is 1210. The predicted octanol–water partition coefficient (Wildman–Crippen LogP) is 4.31. The largest absolute Gasteiger partial charge is 0.457 e. The van der Waals surface area contributed by atoms with Gasteiger partial charge in [0, 0.05) is 29.3 Å². The van der Waals surface area contributed by atoms with Crippen LogP contribution in [-0.2, 0) is 4.79 Å². The molecule has 0 spiro atoms. The van der Waals surface area contributed by atoms with Gasteiger partial charge in [0.2, 0.25) is 0 Å². The molecule has 166 valence electrons. The first-order valence-corrected chi connectivity index (χ1v) is 11.3. The van der Waals surface area contributed by atoms with Crippen molar-refractivity contribution < 1.29 is 9.53 Å². The number of rotatable bonds is 9. The number of hydrogen-bond donors (Lipinski definition) is 3. The van der Waals surface area contributed by atoms with Crippen LogP contribution in [0.25, 0.3) is 11.3 Å². The number of thioether (sulfide) groups is 1. The van der Waals surface area contributed by atoms with E-state index in [1.54, 1.807) is 24.3 Å². The highest BCUT2D eigenvalue weighted by atomic mass is 32.2. The fourth-order valence-electron chi connectivity index (χ4n) is 3.14. The second kappa shape index (κ2) is 10.5. The van der Waals surface area contributed by atoms with Crippen molar-refractivity contribution in [2.75, 3.05) is 5.75 Å². The lowest BCUT2D eigenvalue weighted by Gasteiger charge is -2.12. The van der Waals surface area contributed by atoms with E-state index in [2.05, 4.69) is 27.1 Å². The molecule has 2 heterocycles. The molecule has 2 aromatic carbocycles. The van der Waals surface area contributed by atoms with Crippen LogP contribution in [0.5, 0.6) is 11.5 Å². The summed E-state index contributed by atoms with van der Waals surface area (Å²) < 4.78 is 5.83. The molecule has 1 atom stereocenters. The molecule has 0 amide bonds. The van der Waals surface area contributed by atoms with Gasteiger partial charge in [-0.25, -0.2) is 4.98 Å². The molecule has 0 bridgehead atoms. The van der Waals surface area contributed by atoms with Crippen LogP contribution in [0.3, 0.4) is 0 Å². The summed E-state index contributed by atoms with van der Waals surface area (Å²) in [4.78, 5) is 16.9. The van der Waals surface area contributed by atoms with Gasteiger partial charge in [0.1, 0.15) is 11.5 Å². The Morgan fingerprint density at radius 2 is 1.91 bits per heavy atom. The molecule has 1 aliphatic heterocycles. The molecule has 0 fully saturated rings. The third-order valence-corrected chi connectivity index (χ3v) is 5.76. The van der Waals surface area contributed by atoms with E-state index in [4.69, 9.17) is 10.5 Å². The molecule has 1 aromatic heterocycles. The number of carbonyl (C=O) groups is 1. The second-order valence-corrected chi connectivity index (χ2v) is 8.10. The Balaban J connectivity index is 1.33. The molecule has 4 N–H and O–H groups in total. The molecule has 0 aliphatic carbocycles. The van der Waals surface area contributed by atoms with Crippen molar-refractivity contribution in [1.82, 2.24) is 20.5 Å². The average Bonchev–Trinajstić information content (AvgIpc) is 3.46. The fourth-order valence-corrected chi connectivity index (χ4v) is 3.97. The number of H-pyrrole nitrogens is 1. The summed E-state index contributed by atoms with van der Waals surface area (Å²) in [6.07, 6.45) is 8.26. The first kappa shape index (κ1) is 22.2. The molecule has 4 rings (SSSR count). The number of nitrogens with zero attached hydrogens (tertiary/aromatic N) is 2. The smallest absolute Gasteiger partial charge is 0.184 e. The van der Waals surface area contributed by atoms with Gasteiger partial charge in [-0.05, 0) is 48.0 Å². The summed E-state index contributed by atoms with van der Waals surface area (Å²) in [7, 11) is 0. The standard InChI is InChI=1S/C25H23N5O2S/c1-2-3-7-18(15-26)24-28-25(30-29-24)33-16-22-23(31)14-21(27-22)17-10-12-20(13-11-17)32-19-8-5-4-6-9-19/h2-15,22,27H,1,16,26H2,(H,28,29,30)/b7-3-,18-15+. The van der Waals surface area contributed by atoms with Gasteiger partial charge < -0.3 is 15.8 Å². The number of para-hydroxylation sites is 1. The molecular formula is C25H23N5O2S. The van der Waals surface area contributed by atoms with Crippen molar-refractivity contribution in [3.8, 4) is 11.5 Å². The minimum absolute atomic E-state index is 0.0262. The molecule has 7 nitrogen and oxygen atoms in total. The topological polar surface area (TPSA) is 106 Å². The number of ether oxygens (including phenoxy) is 1. The van der Waals surface area contributed by atoms with Gasteiger partial charge in [-0.15, -0.1) is 0 Å². The lowest BCUT2D eigenvalue weighted by molar-refractivity contribution is -0.115. The molecule has 8 heteroatoms. The summed E-state index contributed by atoms with van der Waals surface area (Å²) >= 11 is 1.42. The van der Waals surface area contributed by atoms with E-state index >= 15 is 0 Å². The minimum Gasteiger partial charge on any atom is -0.457 e. The third-order valence-electron chi connectivity index (χ3n) is 4.81. The number of allylic oxidation sites excluding steroid dienone is 4. The lowest BCUT2D eigenvalue weighted by Crippen LogP contribution is -2.30. The number of nitrogens with one attached hydrogen (secondary N) is 2. The predicted molar refractivity (Wildman–Crippen MR) is 131 cm³/mol. The number of hydrogen-bond acceptors (Lipinski definition) is 7. The van der Waals surface area contributed by atoms with E-state index in [-0.39, 0.29) is 11.8 Å². The van der Waals surface area contributed by atoms with Crippen molar-refractivity contribution in [1.29, 1.82) is 0 Å². The monoisotopic (exact) mass is 457 g/mol. The molecule has 3 aromatic rings. The summed E-state index contributed by atoms with van der Waals surface area (Å²) in [5.41, 5.74) is 8.04. The van der Waals surface area contributed by atoms with Crippen LogP contribution < -0.4 is 15.8 Å². The molecule has 33 heavy (non-hydrogen) atoms. The summed E-state index contributed by atoms with van der Waals surface area (Å²) in [5.74, 6) is 2.53. The molecular weight excluding hydrogens is 434 g/mol. The zero-order valence-corrected chi connectivity index (χ0v) is 18.6. The molecule has 0 radical (unpaired) electrons. The van der Waals surface area contributed by atoms with Crippen LogP contribution in [-0.4, -0.2) is 32.8 Å². The van der Waals surface area contributed by atoms with E-state index < -0.39 is 0 Å². The van der Waals surface area contributed by atoms with Gasteiger partial charge in [0.15, 0.2) is 16.8 Å². The highest BCUT2D eigenvalue weighted by molar-refractivity contribution is 7.99. The summed E-state index contributed by atoms with van der Waals surface area (Å²) in [5, 5.41) is 11.0. The maximum Gasteiger partial charge on any atom is 0.184 e. The quantitative estimate of drug-likeness (QED) is 0.325. The van der Waals surface area contributed by atoms with Crippen LogP contribution in [0.15, 0.2) is 96.8 Å². The van der Waals surface area contributed by atoms with Crippen LogP contribution >= 0.6 is 11.8 Å². The van der Waals surface area contributed by atoms with Crippen molar-refractivity contribution in [3.05, 3.63) is 103 Å². The van der Waals surface area contributed by atoms with E-state index in [1.807, 2.05) is 54.6 Å². The molecule has 1 unspecified atom stereocenters. The van der Waals surface area contributed by atoms with Crippen LogP contribution in [0.4, 0.5) is 0 Å². The Labute approximate surface area is 196 Å². The maximum absolute atomic E-state index is 12.5. The number of carbonyl (C=O) groups excluding carboxylic acids is 1. The minimum atomic E-state index is -0.344. The summed E-state index contributed by atoms with van der Waals surface area (Å²) in [6, 6.07) is 16.9. The molecule has 1 aliphatic rings. The van der Waals surface area contributed by atoms with Gasteiger partial charge in [-0.1, -0.05) is 48.7 Å². The first-order chi connectivity index (χ1) is 16.2. The zero-order valence-electron chi connectivity index (χ0n) is 17.8. The van der Waals surface area contributed by atoms with E-state index in [0.717, 1.165) is 22.8 Å². The Hall–Kier alpha value is -4.04. The van der Waals surface area contributed by atoms with E-state index in [0.29, 0.717) is 22.3 Å². The number of benzene rings is 2. The SMILES string of the molecule is C=C/C=C\C(=C/N)c1n[nH]c(SCC2NC(c3ccc(Oc4ccccc4)cc3)=CC2=O)n1. The lowest BCUT2D eigenvalue weighted by atomic mass is 10.1. The van der Waals surface area contributed by atoms with Crippen molar-refractivity contribution in [3.63, 3.8) is 0 Å². The third kappa shape index (κ3) is 5.61. The van der Waals surface area contributed by atoms with Gasteiger partial charge in [-0.3, -0.25) is 9.89 Å². The molecule has 0 saturated carbocycles. The van der Waals surface area contributed by atoms with Crippen molar-refractivity contribution in [2.45, 2.75) is 11.2 Å². The van der Waals surface area contributed by atoms with Crippen molar-refractivity contribution >= 4 is 28.8 Å². The van der Waals surface area contributed by atoms with Crippen LogP contribution in [0.1, 0.15) is 11.4 Å². The van der Waals surface area contributed by atoms with Gasteiger partial charge >= 0.3 is 0 Å². The Morgan fingerprint density at radius 3 is 2.64 bits per heavy atom. The van der Waals surface area contributed by atoms with E-state index in [1.165, 1.54) is 18.0 Å². The zero-order chi connectivity index (χ0) is 23.0. The Kier molecular flexibility index (Phi) is 7.06. The Morgan fingerprint density at radius 1 is 1.15 bits per heavy atom. The normalized spacial score (nSPS) is 16.0. The van der Waals surface area contributed by atoms with E-state index in [9.17, 15) is 4.79 Å². The van der Waals surface area contributed by atoms with Gasteiger partial charge in [0.25, 0.3) is 0 Å². The number of aromatic amines is 1. The molecule has 0 saturated heterocycles. The first-order valence-electron chi connectivity index (χ1n) is 10.3. The van der Waals surface area contributed by atoms with Crippen molar-refractivity contribution in [2.24, 2.45) is 5.73 Å². The second-order valence-electron chi connectivity index (χ2n) is 7.09. The maximum atomic E-state index is 12.5. The average molecular weight is 458 g/mol. The highest BCUT2D eigenvalue weighted by Crippen LogP contribution is 2.26. The number of ketones is 1. The number of aromatic nitrogens is 3. The van der Waals surface area contributed by atoms with Crippen LogP contribution in [0, 0.1) is 0 Å². The fraction of sp³-hybridized carbons (Fsp3) is 0.0800. The van der Waals surface area contributed by atoms with Gasteiger partial charge in [-0.2, -0.15) is 5.10 Å². The van der Waals surface area contributed by atoms with Gasteiger partial charge in [0.05, 0.1) is 6.04 Å².